The number of aromatic hydroxyl groups is 1. The second-order valence-electron chi connectivity index (χ2n) is 7.09. The number of aryl methyl sites for hydroxylation is 1. The van der Waals surface area contributed by atoms with Crippen LogP contribution in [0.2, 0.25) is 5.02 Å². The van der Waals surface area contributed by atoms with Gasteiger partial charge >= 0.3 is 0 Å². The largest absolute Gasteiger partial charge is 0.504 e. The summed E-state index contributed by atoms with van der Waals surface area (Å²) in [4.78, 5) is 6.83. The molecule has 0 saturated carbocycles. The Hall–Kier alpha value is -2.50. The number of imidazole rings is 1. The van der Waals surface area contributed by atoms with Gasteiger partial charge in [0.2, 0.25) is 0 Å². The number of rotatable bonds is 5. The lowest BCUT2D eigenvalue weighted by Crippen LogP contribution is -2.27. The monoisotopic (exact) mass is 397 g/mol. The Morgan fingerprint density at radius 1 is 1.21 bits per heavy atom. The molecule has 0 bridgehead atoms. The molecule has 146 valence electrons. The van der Waals surface area contributed by atoms with Gasteiger partial charge in [-0.1, -0.05) is 30.7 Å². The summed E-state index contributed by atoms with van der Waals surface area (Å²) >= 11 is 6.14. The van der Waals surface area contributed by atoms with E-state index in [1.165, 1.54) is 0 Å². The van der Waals surface area contributed by atoms with E-state index in [1.807, 2.05) is 36.7 Å². The van der Waals surface area contributed by atoms with Crippen LogP contribution in [0.3, 0.4) is 0 Å². The van der Waals surface area contributed by atoms with E-state index in [0.29, 0.717) is 23.9 Å². The lowest BCUT2D eigenvalue weighted by atomic mass is 10.0. The normalized spacial score (nSPS) is 14.4. The van der Waals surface area contributed by atoms with Crippen molar-refractivity contribution in [2.75, 3.05) is 13.2 Å². The second kappa shape index (κ2) is 8.25. The predicted molar refractivity (Wildman–Crippen MR) is 111 cm³/mol. The number of benzene rings is 2. The van der Waals surface area contributed by atoms with Gasteiger partial charge in [-0.15, -0.1) is 0 Å². The van der Waals surface area contributed by atoms with E-state index in [0.717, 1.165) is 48.6 Å². The molecule has 1 N–H and O–H groups in total. The molecule has 4 rings (SSSR count). The molecule has 1 aromatic heterocycles. The van der Waals surface area contributed by atoms with E-state index >= 15 is 0 Å². The van der Waals surface area contributed by atoms with Crippen LogP contribution in [0.4, 0.5) is 0 Å². The summed E-state index contributed by atoms with van der Waals surface area (Å²) in [6, 6.07) is 11.5. The lowest BCUT2D eigenvalue weighted by Gasteiger charge is -2.20. The summed E-state index contributed by atoms with van der Waals surface area (Å²) in [5.74, 6) is 1.80. The molecule has 1 aliphatic rings. The van der Waals surface area contributed by atoms with Crippen LogP contribution < -0.4 is 4.74 Å². The van der Waals surface area contributed by atoms with E-state index in [9.17, 15) is 5.11 Å². The maximum Gasteiger partial charge on any atom is 0.165 e. The standard InChI is InChI=1S/C22H24ClN3O2/c1-2-7-26-8-6-24-21(26)15-25-9-10-28-22-18(14-25)11-17(13-20(22)27)16-4-3-5-19(23)12-16/h3-6,8,11-13,27H,2,7,9-10,14-15H2,1H3. The van der Waals surface area contributed by atoms with Crippen LogP contribution in [0.1, 0.15) is 24.7 Å². The molecule has 5 nitrogen and oxygen atoms in total. The maximum absolute atomic E-state index is 10.6. The SMILES string of the molecule is CCCn1ccnc1CN1CCOc2c(O)cc(-c3cccc(Cl)c3)cc2C1. The Bertz CT molecular complexity index is 970. The van der Waals surface area contributed by atoms with E-state index in [1.54, 1.807) is 6.07 Å². The fourth-order valence-corrected chi connectivity index (χ4v) is 3.85. The molecule has 2 aromatic carbocycles. The predicted octanol–water partition coefficient (Wildman–Crippen LogP) is 4.71. The van der Waals surface area contributed by atoms with E-state index < -0.39 is 0 Å². The summed E-state index contributed by atoms with van der Waals surface area (Å²) in [7, 11) is 0. The second-order valence-corrected chi connectivity index (χ2v) is 7.53. The highest BCUT2D eigenvalue weighted by atomic mass is 35.5. The molecule has 0 unspecified atom stereocenters. The smallest absolute Gasteiger partial charge is 0.165 e. The molecular formula is C22H24ClN3O2. The van der Waals surface area contributed by atoms with Crippen molar-refractivity contribution in [2.24, 2.45) is 0 Å². The number of nitrogens with zero attached hydrogens (tertiary/aromatic N) is 3. The molecule has 0 spiro atoms. The highest BCUT2D eigenvalue weighted by molar-refractivity contribution is 6.30. The molecule has 6 heteroatoms. The number of phenols is 1. The molecular weight excluding hydrogens is 374 g/mol. The minimum atomic E-state index is 0.168. The number of halogens is 1. The molecule has 28 heavy (non-hydrogen) atoms. The van der Waals surface area contributed by atoms with Gasteiger partial charge in [0.15, 0.2) is 11.5 Å². The Labute approximate surface area is 170 Å². The average molecular weight is 398 g/mol. The fraction of sp³-hybridized carbons (Fsp3) is 0.318. The number of hydrogen-bond acceptors (Lipinski definition) is 4. The topological polar surface area (TPSA) is 50.5 Å². The fourth-order valence-electron chi connectivity index (χ4n) is 3.66. The van der Waals surface area contributed by atoms with Crippen LogP contribution in [-0.4, -0.2) is 32.7 Å². The molecule has 0 amide bonds. The van der Waals surface area contributed by atoms with Gasteiger partial charge in [0, 0.05) is 42.6 Å². The van der Waals surface area contributed by atoms with E-state index in [4.69, 9.17) is 16.3 Å². The van der Waals surface area contributed by atoms with Crippen molar-refractivity contribution >= 4 is 11.6 Å². The van der Waals surface area contributed by atoms with Crippen LogP contribution >= 0.6 is 11.6 Å². The van der Waals surface area contributed by atoms with E-state index in [-0.39, 0.29) is 5.75 Å². The van der Waals surface area contributed by atoms with Gasteiger partial charge in [0.05, 0.1) is 6.54 Å². The van der Waals surface area contributed by atoms with Crippen LogP contribution in [-0.2, 0) is 19.6 Å². The summed E-state index contributed by atoms with van der Waals surface area (Å²) in [5, 5.41) is 11.2. The third kappa shape index (κ3) is 4.01. The average Bonchev–Trinajstić information content (AvgIpc) is 2.99. The van der Waals surface area contributed by atoms with Gasteiger partial charge in [0.25, 0.3) is 0 Å². The quantitative estimate of drug-likeness (QED) is 0.677. The van der Waals surface area contributed by atoms with Crippen molar-refractivity contribution < 1.29 is 9.84 Å². The van der Waals surface area contributed by atoms with Gasteiger partial charge in [0.1, 0.15) is 12.4 Å². The summed E-state index contributed by atoms with van der Waals surface area (Å²) in [6.45, 7) is 5.88. The first-order valence-electron chi connectivity index (χ1n) is 9.61. The molecule has 0 radical (unpaired) electrons. The van der Waals surface area contributed by atoms with E-state index in [2.05, 4.69) is 27.4 Å². The molecule has 0 atom stereocenters. The van der Waals surface area contributed by atoms with Crippen molar-refractivity contribution in [3.8, 4) is 22.6 Å². The molecule has 0 aliphatic carbocycles. The molecule has 0 saturated heterocycles. The maximum atomic E-state index is 10.6. The van der Waals surface area contributed by atoms with Crippen molar-refractivity contribution in [3.05, 3.63) is 65.2 Å². The van der Waals surface area contributed by atoms with Crippen molar-refractivity contribution in [1.82, 2.24) is 14.5 Å². The number of ether oxygens (including phenoxy) is 1. The Balaban J connectivity index is 1.62. The van der Waals surface area contributed by atoms with Crippen LogP contribution in [0.5, 0.6) is 11.5 Å². The number of aromatic nitrogens is 2. The third-order valence-electron chi connectivity index (χ3n) is 4.98. The summed E-state index contributed by atoms with van der Waals surface area (Å²) < 4.78 is 8.08. The zero-order valence-corrected chi connectivity index (χ0v) is 16.7. The van der Waals surface area contributed by atoms with Crippen LogP contribution in [0, 0.1) is 0 Å². The highest BCUT2D eigenvalue weighted by Gasteiger charge is 2.21. The molecule has 1 aliphatic heterocycles. The van der Waals surface area contributed by atoms with Crippen molar-refractivity contribution in [1.29, 1.82) is 0 Å². The molecule has 3 aromatic rings. The minimum Gasteiger partial charge on any atom is -0.504 e. The number of hydrogen-bond donors (Lipinski definition) is 1. The Morgan fingerprint density at radius 2 is 2.11 bits per heavy atom. The van der Waals surface area contributed by atoms with Crippen LogP contribution in [0.25, 0.3) is 11.1 Å². The van der Waals surface area contributed by atoms with Gasteiger partial charge in [-0.2, -0.15) is 0 Å². The number of fused-ring (bicyclic) bond motifs is 1. The zero-order chi connectivity index (χ0) is 19.5. The van der Waals surface area contributed by atoms with Gasteiger partial charge in [-0.25, -0.2) is 4.98 Å². The van der Waals surface area contributed by atoms with Crippen molar-refractivity contribution in [2.45, 2.75) is 33.0 Å². The molecule has 2 heterocycles. The van der Waals surface area contributed by atoms with Gasteiger partial charge in [-0.3, -0.25) is 4.90 Å². The first kappa shape index (κ1) is 18.8. The highest BCUT2D eigenvalue weighted by Crippen LogP contribution is 2.38. The molecule has 0 fully saturated rings. The first-order chi connectivity index (χ1) is 13.6. The van der Waals surface area contributed by atoms with Crippen LogP contribution in [0.15, 0.2) is 48.8 Å². The van der Waals surface area contributed by atoms with Crippen molar-refractivity contribution in [3.63, 3.8) is 0 Å². The summed E-state index contributed by atoms with van der Waals surface area (Å²) in [6.07, 6.45) is 4.96. The third-order valence-corrected chi connectivity index (χ3v) is 5.22. The van der Waals surface area contributed by atoms with Gasteiger partial charge < -0.3 is 14.4 Å². The zero-order valence-electron chi connectivity index (χ0n) is 15.9. The minimum absolute atomic E-state index is 0.168. The first-order valence-corrected chi connectivity index (χ1v) is 9.99. The Kier molecular flexibility index (Phi) is 5.55. The Morgan fingerprint density at radius 3 is 2.93 bits per heavy atom. The van der Waals surface area contributed by atoms with Gasteiger partial charge in [-0.05, 0) is 41.8 Å². The lowest BCUT2D eigenvalue weighted by molar-refractivity contribution is 0.211. The summed E-state index contributed by atoms with van der Waals surface area (Å²) in [5.41, 5.74) is 2.87. The number of phenolic OH excluding ortho intramolecular Hbond substituents is 1.